The molecule has 0 bridgehead atoms. The Morgan fingerprint density at radius 2 is 1.32 bits per heavy atom. The van der Waals surface area contributed by atoms with E-state index in [2.05, 4.69) is 59.6 Å². The van der Waals surface area contributed by atoms with Crippen LogP contribution < -0.4 is 46.8 Å². The van der Waals surface area contributed by atoms with Crippen molar-refractivity contribution in [2.24, 2.45) is 14.1 Å². The highest BCUT2D eigenvalue weighted by molar-refractivity contribution is 6.10. The number of anilines is 7. The normalized spacial score (nSPS) is 11.8. The van der Waals surface area contributed by atoms with Gasteiger partial charge in [0.15, 0.2) is 22.8 Å². The van der Waals surface area contributed by atoms with Crippen LogP contribution in [0.5, 0.6) is 23.0 Å². The van der Waals surface area contributed by atoms with Gasteiger partial charge in [0.2, 0.25) is 17.8 Å². The highest BCUT2D eigenvalue weighted by Crippen LogP contribution is 2.40. The van der Waals surface area contributed by atoms with E-state index in [1.165, 1.54) is 32.4 Å². The maximum Gasteiger partial charge on any atom is 0.299 e. The van der Waals surface area contributed by atoms with Gasteiger partial charge in [0.1, 0.15) is 11.5 Å². The molecule has 0 radical (unpaired) electrons. The largest absolute Gasteiger partial charge is 0.451 e. The number of benzene rings is 4. The van der Waals surface area contributed by atoms with E-state index >= 15 is 0 Å². The molecule has 79 heavy (non-hydrogen) atoms. The van der Waals surface area contributed by atoms with Crippen LogP contribution in [0, 0.1) is 0 Å². The zero-order valence-electron chi connectivity index (χ0n) is 41.8. The van der Waals surface area contributed by atoms with Gasteiger partial charge in [0.25, 0.3) is 22.9 Å². The molecule has 0 aliphatic carbocycles. The number of H-pyrrole nitrogens is 1. The third-order valence-electron chi connectivity index (χ3n) is 12.8. The van der Waals surface area contributed by atoms with Gasteiger partial charge in [-0.05, 0) is 97.1 Å². The van der Waals surface area contributed by atoms with Crippen molar-refractivity contribution in [3.05, 3.63) is 198 Å². The average molecular weight is 1050 g/mol. The smallest absolute Gasteiger partial charge is 0.299 e. The fourth-order valence-corrected chi connectivity index (χ4v) is 9.22. The molecule has 0 spiro atoms. The number of amides is 3. The number of fused-ring (bicyclic) bond motifs is 4. The summed E-state index contributed by atoms with van der Waals surface area (Å²) in [5.74, 6) is -1.05. The minimum atomic E-state index is -0.675. The third-order valence-corrected chi connectivity index (χ3v) is 12.8. The lowest BCUT2D eigenvalue weighted by atomic mass is 10.0. The number of hydrogen-bond donors (Lipinski definition) is 5. The Labute approximate surface area is 445 Å². The molecular formula is C56H42N16O7. The number of carbonyl (C=O) groups is 3. The lowest BCUT2D eigenvalue weighted by Gasteiger charge is -2.25. The predicted octanol–water partition coefficient (Wildman–Crippen LogP) is 8.11. The van der Waals surface area contributed by atoms with Gasteiger partial charge in [-0.2, -0.15) is 20.2 Å². The van der Waals surface area contributed by atoms with Crippen LogP contribution in [0.3, 0.4) is 0 Å². The Hall–Kier alpha value is -11.5. The molecule has 7 aromatic heterocycles. The number of aromatic nitrogens is 11. The summed E-state index contributed by atoms with van der Waals surface area (Å²) in [5, 5.41) is 21.9. The highest BCUT2D eigenvalue weighted by atomic mass is 16.5. The second-order valence-electron chi connectivity index (χ2n) is 18.0. The van der Waals surface area contributed by atoms with Crippen LogP contribution >= 0.6 is 0 Å². The molecular weight excluding hydrogens is 1010 g/mol. The lowest BCUT2D eigenvalue weighted by Crippen LogP contribution is -2.26. The van der Waals surface area contributed by atoms with Gasteiger partial charge < -0.3 is 35.7 Å². The minimum Gasteiger partial charge on any atom is -0.451 e. The molecule has 23 nitrogen and oxygen atoms in total. The summed E-state index contributed by atoms with van der Waals surface area (Å²) < 4.78 is 18.6. The van der Waals surface area contributed by atoms with Crippen LogP contribution in [0.4, 0.5) is 40.3 Å². The number of nitrogens with one attached hydrogen (secondary N) is 5. The van der Waals surface area contributed by atoms with Crippen LogP contribution in [0.2, 0.25) is 0 Å². The van der Waals surface area contributed by atoms with Crippen molar-refractivity contribution in [1.29, 1.82) is 0 Å². The second kappa shape index (κ2) is 19.7. The molecule has 388 valence electrons. The Bertz CT molecular complexity index is 4480. The maximum atomic E-state index is 14.9. The van der Waals surface area contributed by atoms with Gasteiger partial charge in [0, 0.05) is 84.6 Å². The first-order valence-electron chi connectivity index (χ1n) is 24.2. The number of hydrogen-bond acceptors (Lipinski definition) is 15. The first-order chi connectivity index (χ1) is 38.4. The van der Waals surface area contributed by atoms with Gasteiger partial charge in [-0.3, -0.25) is 47.4 Å². The van der Waals surface area contributed by atoms with E-state index in [1.807, 2.05) is 24.4 Å². The van der Waals surface area contributed by atoms with E-state index in [4.69, 9.17) is 19.4 Å². The second-order valence-corrected chi connectivity index (χ2v) is 18.0. The van der Waals surface area contributed by atoms with Crippen LogP contribution in [-0.4, -0.2) is 71.3 Å². The van der Waals surface area contributed by atoms with E-state index in [0.29, 0.717) is 50.5 Å². The van der Waals surface area contributed by atoms with E-state index in [9.17, 15) is 24.0 Å². The Morgan fingerprint density at radius 1 is 0.671 bits per heavy atom. The average Bonchev–Trinajstić information content (AvgIpc) is 4.45. The molecule has 23 heteroatoms. The van der Waals surface area contributed by atoms with Gasteiger partial charge >= 0.3 is 0 Å². The zero-order chi connectivity index (χ0) is 54.5. The summed E-state index contributed by atoms with van der Waals surface area (Å²) in [4.78, 5) is 93.4. The minimum absolute atomic E-state index is 0.000146. The van der Waals surface area contributed by atoms with Crippen molar-refractivity contribution in [2.45, 2.75) is 6.54 Å². The molecule has 1 aliphatic rings. The Balaban J connectivity index is 0.951. The molecule has 4 aromatic carbocycles. The molecule has 5 N–H and O–H groups in total. The molecule has 0 saturated carbocycles. The van der Waals surface area contributed by atoms with E-state index in [1.54, 1.807) is 121 Å². The molecule has 12 rings (SSSR count). The number of carbonyl (C=O) groups excluding carboxylic acids is 3. The van der Waals surface area contributed by atoms with Crippen molar-refractivity contribution in [2.75, 3.05) is 20.9 Å². The van der Waals surface area contributed by atoms with Crippen molar-refractivity contribution in [3.63, 3.8) is 0 Å². The molecule has 11 aromatic rings. The van der Waals surface area contributed by atoms with Gasteiger partial charge in [-0.25, -0.2) is 9.97 Å². The van der Waals surface area contributed by atoms with Crippen LogP contribution in [0.25, 0.3) is 44.3 Å². The number of aryl methyl sites for hydroxylation is 2. The van der Waals surface area contributed by atoms with Gasteiger partial charge in [0.05, 0.1) is 52.1 Å². The maximum absolute atomic E-state index is 14.9. The van der Waals surface area contributed by atoms with Crippen molar-refractivity contribution in [1.82, 2.24) is 58.9 Å². The van der Waals surface area contributed by atoms with Crippen LogP contribution in [0.1, 0.15) is 15.9 Å². The first kappa shape index (κ1) is 48.4. The number of aromatic amines is 1. The highest BCUT2D eigenvalue weighted by Gasteiger charge is 2.32. The summed E-state index contributed by atoms with van der Waals surface area (Å²) in [6, 6.07) is 26.6. The number of pyridine rings is 2. The molecule has 0 unspecified atom stereocenters. The lowest BCUT2D eigenvalue weighted by molar-refractivity contribution is -0.113. The van der Waals surface area contributed by atoms with E-state index in [0.717, 1.165) is 23.1 Å². The number of rotatable bonds is 15. The summed E-state index contributed by atoms with van der Waals surface area (Å²) in [6.07, 6.45) is 13.8. The summed E-state index contributed by atoms with van der Waals surface area (Å²) in [6.45, 7) is 7.30. The first-order valence-corrected chi connectivity index (χ1v) is 24.2. The summed E-state index contributed by atoms with van der Waals surface area (Å²) in [7, 11) is 3.53. The Kier molecular flexibility index (Phi) is 12.1. The molecule has 1 aliphatic heterocycles. The standard InChI is InChI=1S/C56H42N16O7/c1-5-47(73)63-34-9-7-10-37(22-34)71-50-33(25-60-55(66-50)64-35-26-61-68(3)29-35)21-46(54(71)77)79-44-16-15-43(41-28-58-52(75)49(41)44)70(48(74)6-2)38-11-8-12-39(23-38)72-51-32(24-59-56(67-51)65-36-27-62-69(4)30-36)20-45(53(72)76)78-40-13-14-42-31(19-40)17-18-57-42/h5-27,29-30,57H,1-2,28H2,3-4H3,(H,58,75)(H,63,73)(H,59,65,67)(H,60,64,66). The summed E-state index contributed by atoms with van der Waals surface area (Å²) in [5.41, 5.74) is 3.20. The van der Waals surface area contributed by atoms with Gasteiger partial charge in [-0.15, -0.1) is 0 Å². The molecule has 0 atom stereocenters. The fraction of sp³-hybridized carbons (Fsp3) is 0.0536. The number of ether oxygens (including phenoxy) is 2. The number of nitrogens with zero attached hydrogens (tertiary/aromatic N) is 11. The predicted molar refractivity (Wildman–Crippen MR) is 295 cm³/mol. The van der Waals surface area contributed by atoms with Crippen molar-refractivity contribution in [3.8, 4) is 34.4 Å². The van der Waals surface area contributed by atoms with E-state index in [-0.39, 0.29) is 63.9 Å². The quantitative estimate of drug-likeness (QED) is 0.0607. The Morgan fingerprint density at radius 3 is 1.95 bits per heavy atom. The monoisotopic (exact) mass is 1050 g/mol. The van der Waals surface area contributed by atoms with Crippen molar-refractivity contribution >= 4 is 91.0 Å². The summed E-state index contributed by atoms with van der Waals surface area (Å²) >= 11 is 0. The van der Waals surface area contributed by atoms with Crippen LogP contribution in [-0.2, 0) is 30.2 Å². The van der Waals surface area contributed by atoms with Crippen LogP contribution in [0.15, 0.2) is 175 Å². The molecule has 8 heterocycles. The topological polar surface area (TPSA) is 268 Å². The SMILES string of the molecule is C=CC(=O)Nc1cccc(-n2c(=O)c(Oc3ccc(N(C(=O)C=C)c4cccc(-n5c(=O)c(Oc6ccc7[nH]ccc7c6)cc6cnc(Nc7cnn(C)c7)nc65)c4)c4c3C(=O)NC4)cc3cnc(Nc4cnn(C)c4)nc32)c1. The molecule has 0 saturated heterocycles. The molecule has 3 amide bonds. The molecule has 0 fully saturated rings. The van der Waals surface area contributed by atoms with Crippen molar-refractivity contribution < 1.29 is 23.9 Å². The van der Waals surface area contributed by atoms with Gasteiger partial charge in [-0.1, -0.05) is 25.3 Å². The zero-order valence-corrected chi connectivity index (χ0v) is 41.8. The fourth-order valence-electron chi connectivity index (χ4n) is 9.22. The van der Waals surface area contributed by atoms with E-state index < -0.39 is 28.8 Å². The third kappa shape index (κ3) is 9.19.